The molecule has 6 nitrogen and oxygen atoms in total. The summed E-state index contributed by atoms with van der Waals surface area (Å²) >= 11 is 0. The van der Waals surface area contributed by atoms with Crippen molar-refractivity contribution in [3.05, 3.63) is 82.2 Å². The average Bonchev–Trinajstić information content (AvgIpc) is 3.48. The van der Waals surface area contributed by atoms with Gasteiger partial charge in [-0.25, -0.2) is 0 Å². The Balaban J connectivity index is 1.70. The summed E-state index contributed by atoms with van der Waals surface area (Å²) < 4.78 is 5.99. The Morgan fingerprint density at radius 2 is 1.81 bits per heavy atom. The molecule has 0 bridgehead atoms. The monoisotopic (exact) mass is 362 g/mol. The van der Waals surface area contributed by atoms with Crippen LogP contribution in [0.2, 0.25) is 0 Å². The molecule has 4 rings (SSSR count). The van der Waals surface area contributed by atoms with Crippen molar-refractivity contribution >= 4 is 5.91 Å². The summed E-state index contributed by atoms with van der Waals surface area (Å²) in [5.41, 5.74) is 10.1. The summed E-state index contributed by atoms with van der Waals surface area (Å²) in [5.74, 6) is -0.0238. The van der Waals surface area contributed by atoms with Gasteiger partial charge in [-0.3, -0.25) is 4.79 Å². The number of epoxide rings is 1. The smallest absolute Gasteiger partial charge is 0.261 e. The number of carbonyl (C=O) groups is 1. The number of carbonyl (C=O) groups excluding carboxylic acids is 1. The van der Waals surface area contributed by atoms with Crippen LogP contribution in [-0.4, -0.2) is 28.6 Å². The van der Waals surface area contributed by atoms with Crippen molar-refractivity contribution in [3.63, 3.8) is 0 Å². The maximum absolute atomic E-state index is 13.2. The van der Waals surface area contributed by atoms with Gasteiger partial charge in [0.05, 0.1) is 18.1 Å². The van der Waals surface area contributed by atoms with E-state index >= 15 is 0 Å². The van der Waals surface area contributed by atoms with Gasteiger partial charge in [-0.2, -0.15) is 0 Å². The summed E-state index contributed by atoms with van der Waals surface area (Å²) in [5, 5.41) is 3.86. The first-order chi connectivity index (χ1) is 13.1. The Labute approximate surface area is 158 Å². The fraction of sp³-hybridized carbons (Fsp3) is 0.381. The van der Waals surface area contributed by atoms with E-state index in [9.17, 15) is 4.79 Å². The second kappa shape index (κ2) is 6.72. The molecule has 0 N–H and O–H groups in total. The zero-order valence-electron chi connectivity index (χ0n) is 15.4. The summed E-state index contributed by atoms with van der Waals surface area (Å²) in [6.45, 7) is 3.98. The van der Waals surface area contributed by atoms with E-state index in [1.807, 2.05) is 79.4 Å². The predicted octanol–water partition coefficient (Wildman–Crippen LogP) is 4.56. The van der Waals surface area contributed by atoms with Crippen molar-refractivity contribution in [3.8, 4) is 0 Å². The van der Waals surface area contributed by atoms with Gasteiger partial charge in [-0.05, 0) is 30.0 Å². The molecule has 0 saturated carbocycles. The van der Waals surface area contributed by atoms with Gasteiger partial charge in [0.1, 0.15) is 6.10 Å². The minimum atomic E-state index is -0.904. The van der Waals surface area contributed by atoms with Gasteiger partial charge in [0.15, 0.2) is 5.60 Å². The molecular formula is C21H22N4O2. The minimum absolute atomic E-state index is 0.0238. The molecule has 2 saturated heterocycles. The summed E-state index contributed by atoms with van der Waals surface area (Å²) in [4.78, 5) is 18.1. The third-order valence-corrected chi connectivity index (χ3v) is 5.72. The maximum atomic E-state index is 13.2. The molecule has 2 fully saturated rings. The third-order valence-electron chi connectivity index (χ3n) is 5.72. The lowest BCUT2D eigenvalue weighted by Gasteiger charge is -2.50. The zero-order valence-corrected chi connectivity index (χ0v) is 15.4. The Morgan fingerprint density at radius 1 is 1.19 bits per heavy atom. The van der Waals surface area contributed by atoms with Crippen LogP contribution in [0.4, 0.5) is 0 Å². The van der Waals surface area contributed by atoms with Crippen LogP contribution in [-0.2, 0) is 9.53 Å². The molecule has 2 aliphatic heterocycles. The van der Waals surface area contributed by atoms with Crippen molar-refractivity contribution in [2.45, 2.75) is 50.1 Å². The SMILES string of the molecule is CC[C@H](N=[N+]=[N-])[C@@H]1O[C@@]12C(=O)N([C@@H](C)c1ccccc1)[C@H]2c1ccccc1. The second-order valence-electron chi connectivity index (χ2n) is 7.12. The zero-order chi connectivity index (χ0) is 19.0. The highest BCUT2D eigenvalue weighted by atomic mass is 16.6. The lowest BCUT2D eigenvalue weighted by Crippen LogP contribution is -2.63. The normalized spacial score (nSPS) is 28.2. The van der Waals surface area contributed by atoms with Crippen LogP contribution in [0.5, 0.6) is 0 Å². The molecule has 138 valence electrons. The molecule has 0 radical (unpaired) electrons. The standard InChI is InChI=1S/C21H22N4O2/c1-3-17(23-24-22)19-21(27-19)18(16-12-8-5-9-13-16)25(20(21)26)14(2)15-10-6-4-7-11-15/h4-14,17-19H,3H2,1-2H3/t14-,17-,18-,19-,21+/m0/s1. The molecule has 2 aromatic carbocycles. The van der Waals surface area contributed by atoms with E-state index in [1.54, 1.807) is 0 Å². The van der Waals surface area contributed by atoms with E-state index < -0.39 is 5.60 Å². The van der Waals surface area contributed by atoms with Crippen LogP contribution in [0.25, 0.3) is 10.4 Å². The number of β-lactam (4-membered cyclic amide) rings is 1. The van der Waals surface area contributed by atoms with E-state index in [0.717, 1.165) is 11.1 Å². The highest BCUT2D eigenvalue weighted by Gasteiger charge is 2.79. The van der Waals surface area contributed by atoms with Crippen molar-refractivity contribution < 1.29 is 9.53 Å². The summed E-state index contributed by atoms with van der Waals surface area (Å²) in [6, 6.07) is 19.4. The van der Waals surface area contributed by atoms with E-state index in [1.165, 1.54) is 0 Å². The van der Waals surface area contributed by atoms with Crippen LogP contribution < -0.4 is 0 Å². The summed E-state index contributed by atoms with van der Waals surface area (Å²) in [7, 11) is 0. The molecule has 5 atom stereocenters. The van der Waals surface area contributed by atoms with E-state index in [2.05, 4.69) is 10.0 Å². The van der Waals surface area contributed by atoms with Gasteiger partial charge < -0.3 is 9.64 Å². The predicted molar refractivity (Wildman–Crippen MR) is 102 cm³/mol. The summed E-state index contributed by atoms with van der Waals surface area (Å²) in [6.07, 6.45) is 0.273. The number of ether oxygens (including phenoxy) is 1. The molecule has 2 aliphatic rings. The van der Waals surface area contributed by atoms with Gasteiger partial charge in [-0.15, -0.1) is 0 Å². The lowest BCUT2D eigenvalue weighted by molar-refractivity contribution is -0.165. The van der Waals surface area contributed by atoms with Gasteiger partial charge >= 0.3 is 0 Å². The van der Waals surface area contributed by atoms with E-state index in [4.69, 9.17) is 10.3 Å². The molecule has 2 aromatic rings. The van der Waals surface area contributed by atoms with Gasteiger partial charge in [-0.1, -0.05) is 72.7 Å². The first-order valence-electron chi connectivity index (χ1n) is 9.29. The number of benzene rings is 2. The molecule has 2 heterocycles. The molecule has 6 heteroatoms. The van der Waals surface area contributed by atoms with Crippen molar-refractivity contribution in [2.75, 3.05) is 0 Å². The first-order valence-corrected chi connectivity index (χ1v) is 9.29. The number of hydrogen-bond donors (Lipinski definition) is 0. The van der Waals surface area contributed by atoms with Crippen LogP contribution in [0.3, 0.4) is 0 Å². The highest BCUT2D eigenvalue weighted by molar-refractivity contribution is 5.97. The first kappa shape index (κ1) is 17.6. The van der Waals surface area contributed by atoms with E-state index in [-0.39, 0.29) is 30.1 Å². The molecular weight excluding hydrogens is 340 g/mol. The fourth-order valence-corrected chi connectivity index (χ4v) is 4.27. The molecule has 0 aromatic heterocycles. The molecule has 0 unspecified atom stereocenters. The number of likely N-dealkylation sites (tertiary alicyclic amines) is 1. The molecule has 0 aliphatic carbocycles. The van der Waals surface area contributed by atoms with Gasteiger partial charge in [0.25, 0.3) is 5.91 Å². The van der Waals surface area contributed by atoms with E-state index in [0.29, 0.717) is 6.42 Å². The average molecular weight is 362 g/mol. The van der Waals surface area contributed by atoms with Crippen molar-refractivity contribution in [2.24, 2.45) is 5.11 Å². The maximum Gasteiger partial charge on any atom is 0.261 e. The highest BCUT2D eigenvalue weighted by Crippen LogP contribution is 2.62. The Hall–Kier alpha value is -2.82. The third kappa shape index (κ3) is 2.60. The Morgan fingerprint density at radius 3 is 2.41 bits per heavy atom. The Bertz CT molecular complexity index is 882. The molecule has 27 heavy (non-hydrogen) atoms. The number of rotatable bonds is 6. The quantitative estimate of drug-likeness (QED) is 0.248. The Kier molecular flexibility index (Phi) is 4.38. The largest absolute Gasteiger partial charge is 0.353 e. The molecule has 1 spiro atoms. The van der Waals surface area contributed by atoms with Gasteiger partial charge in [0.2, 0.25) is 0 Å². The second-order valence-corrected chi connectivity index (χ2v) is 7.12. The van der Waals surface area contributed by atoms with Crippen LogP contribution in [0.1, 0.15) is 43.5 Å². The van der Waals surface area contributed by atoms with Crippen LogP contribution in [0, 0.1) is 0 Å². The lowest BCUT2D eigenvalue weighted by atomic mass is 9.76. The van der Waals surface area contributed by atoms with Gasteiger partial charge in [0, 0.05) is 4.91 Å². The molecule has 1 amide bonds. The topological polar surface area (TPSA) is 81.6 Å². The van der Waals surface area contributed by atoms with Crippen LogP contribution in [0.15, 0.2) is 65.8 Å². The number of nitrogens with zero attached hydrogens (tertiary/aromatic N) is 4. The minimum Gasteiger partial charge on any atom is -0.353 e. The fourth-order valence-electron chi connectivity index (χ4n) is 4.27. The number of hydrogen-bond acceptors (Lipinski definition) is 3. The van der Waals surface area contributed by atoms with Crippen LogP contribution >= 0.6 is 0 Å². The van der Waals surface area contributed by atoms with Crippen molar-refractivity contribution in [1.29, 1.82) is 0 Å². The number of azide groups is 1. The number of amides is 1. The van der Waals surface area contributed by atoms with Crippen molar-refractivity contribution in [1.82, 2.24) is 4.90 Å².